The van der Waals surface area contributed by atoms with Crippen molar-refractivity contribution in [3.63, 3.8) is 0 Å². The number of methoxy groups -OCH3 is 1. The number of alkyl halides is 1. The van der Waals surface area contributed by atoms with Gasteiger partial charge in [0.05, 0.1) is 23.3 Å². The highest BCUT2D eigenvalue weighted by atomic mass is 127. The lowest BCUT2D eigenvalue weighted by Gasteiger charge is -2.43. The Morgan fingerprint density at radius 2 is 2.25 bits per heavy atom. The zero-order valence-corrected chi connectivity index (χ0v) is 15.9. The van der Waals surface area contributed by atoms with Crippen LogP contribution in [-0.2, 0) is 9.53 Å². The number of benzene rings is 1. The number of carbonyl (C=O) groups is 1. The summed E-state index contributed by atoms with van der Waals surface area (Å²) in [5.41, 5.74) is 0.991. The van der Waals surface area contributed by atoms with Crippen molar-refractivity contribution in [3.8, 4) is 5.75 Å². The van der Waals surface area contributed by atoms with E-state index in [1.165, 1.54) is 7.11 Å². The SMILES string of the molecule is COC(=O)[C@H]1[C@@H](c2ccc(I)c(O)c2)C[C@@H]2CC[C@H]1N2CCCF. The molecule has 1 aromatic carbocycles. The smallest absolute Gasteiger partial charge is 0.310 e. The fraction of sp³-hybridized carbons (Fsp3) is 0.611. The van der Waals surface area contributed by atoms with E-state index in [9.17, 15) is 14.3 Å². The molecule has 2 aliphatic rings. The lowest BCUT2D eigenvalue weighted by molar-refractivity contribution is -0.150. The Hall–Kier alpha value is -0.890. The van der Waals surface area contributed by atoms with Gasteiger partial charge in [0, 0.05) is 24.5 Å². The van der Waals surface area contributed by atoms with Crippen LogP contribution in [0.5, 0.6) is 5.75 Å². The lowest BCUT2D eigenvalue weighted by atomic mass is 9.76. The lowest BCUT2D eigenvalue weighted by Crippen LogP contribution is -2.51. The average molecular weight is 447 g/mol. The van der Waals surface area contributed by atoms with Gasteiger partial charge < -0.3 is 9.84 Å². The first kappa shape index (κ1) is 17.9. The van der Waals surface area contributed by atoms with Crippen LogP contribution in [0.3, 0.4) is 0 Å². The zero-order chi connectivity index (χ0) is 17.3. The van der Waals surface area contributed by atoms with Gasteiger partial charge in [-0.25, -0.2) is 0 Å². The molecule has 24 heavy (non-hydrogen) atoms. The second kappa shape index (κ2) is 7.56. The molecular weight excluding hydrogens is 424 g/mol. The Bertz CT molecular complexity index is 612. The highest BCUT2D eigenvalue weighted by Gasteiger charge is 2.50. The average Bonchev–Trinajstić information content (AvgIpc) is 2.86. The third-order valence-electron chi connectivity index (χ3n) is 5.49. The summed E-state index contributed by atoms with van der Waals surface area (Å²) in [5, 5.41) is 10.1. The third-order valence-corrected chi connectivity index (χ3v) is 6.40. The standard InChI is InChI=1S/C18H23FINO3/c1-24-18(23)17-13(11-3-5-14(20)16(22)9-11)10-12-4-6-15(17)21(12)8-2-7-19/h3,5,9,12-13,15,17,22H,2,4,6-8,10H2,1H3/t12-,13+,15+,17-/m0/s1. The first-order valence-electron chi connectivity index (χ1n) is 8.44. The maximum absolute atomic E-state index is 12.6. The number of nitrogens with zero attached hydrogens (tertiary/aromatic N) is 1. The first-order chi connectivity index (χ1) is 11.6. The molecule has 0 radical (unpaired) electrons. The number of hydrogen-bond donors (Lipinski definition) is 1. The van der Waals surface area contributed by atoms with Crippen LogP contribution in [0, 0.1) is 9.49 Å². The van der Waals surface area contributed by atoms with Gasteiger partial charge in [-0.2, -0.15) is 0 Å². The monoisotopic (exact) mass is 447 g/mol. The molecule has 0 aromatic heterocycles. The molecule has 0 amide bonds. The first-order valence-corrected chi connectivity index (χ1v) is 9.52. The van der Waals surface area contributed by atoms with E-state index < -0.39 is 0 Å². The van der Waals surface area contributed by atoms with E-state index in [1.54, 1.807) is 6.07 Å². The van der Waals surface area contributed by atoms with Crippen LogP contribution in [0.25, 0.3) is 0 Å². The van der Waals surface area contributed by atoms with Crippen LogP contribution in [0.2, 0.25) is 0 Å². The number of piperidine rings is 1. The molecule has 4 nitrogen and oxygen atoms in total. The van der Waals surface area contributed by atoms with Crippen molar-refractivity contribution >= 4 is 28.6 Å². The van der Waals surface area contributed by atoms with Gasteiger partial charge in [-0.3, -0.25) is 14.1 Å². The molecule has 0 spiro atoms. The number of halogens is 2. The highest BCUT2D eigenvalue weighted by Crippen LogP contribution is 2.48. The van der Waals surface area contributed by atoms with Gasteiger partial charge in [0.25, 0.3) is 0 Å². The minimum atomic E-state index is -0.326. The summed E-state index contributed by atoms with van der Waals surface area (Å²) < 4.78 is 18.5. The van der Waals surface area contributed by atoms with E-state index in [4.69, 9.17) is 4.74 Å². The van der Waals surface area contributed by atoms with Crippen molar-refractivity contribution in [2.24, 2.45) is 5.92 Å². The van der Waals surface area contributed by atoms with Gasteiger partial charge in [0.15, 0.2) is 0 Å². The van der Waals surface area contributed by atoms with Gasteiger partial charge in [-0.1, -0.05) is 6.07 Å². The quantitative estimate of drug-likeness (QED) is 0.555. The summed E-state index contributed by atoms with van der Waals surface area (Å²) >= 11 is 2.09. The molecule has 0 unspecified atom stereocenters. The van der Waals surface area contributed by atoms with Crippen LogP contribution in [0.1, 0.15) is 37.2 Å². The van der Waals surface area contributed by atoms with E-state index in [0.717, 1.165) is 28.4 Å². The summed E-state index contributed by atoms with van der Waals surface area (Å²) in [7, 11) is 1.43. The van der Waals surface area contributed by atoms with Crippen molar-refractivity contribution in [2.75, 3.05) is 20.3 Å². The Morgan fingerprint density at radius 3 is 2.92 bits per heavy atom. The number of phenols is 1. The Kier molecular flexibility index (Phi) is 5.64. The maximum atomic E-state index is 12.6. The van der Waals surface area contributed by atoms with Crippen LogP contribution < -0.4 is 0 Å². The summed E-state index contributed by atoms with van der Waals surface area (Å²) in [4.78, 5) is 14.8. The van der Waals surface area contributed by atoms with Gasteiger partial charge in [-0.05, 0) is 66.0 Å². The molecule has 2 fully saturated rings. The van der Waals surface area contributed by atoms with E-state index in [0.29, 0.717) is 19.0 Å². The summed E-state index contributed by atoms with van der Waals surface area (Å²) in [6, 6.07) is 6.15. The summed E-state index contributed by atoms with van der Waals surface area (Å²) in [6.45, 7) is 0.372. The number of phenolic OH excluding ortho intramolecular Hbond substituents is 1. The second-order valence-corrected chi connectivity index (χ2v) is 7.84. The van der Waals surface area contributed by atoms with Crippen molar-refractivity contribution in [1.29, 1.82) is 0 Å². The minimum absolute atomic E-state index is 0.0412. The van der Waals surface area contributed by atoms with Gasteiger partial charge >= 0.3 is 5.97 Å². The van der Waals surface area contributed by atoms with Crippen LogP contribution in [0.4, 0.5) is 4.39 Å². The molecule has 0 aliphatic carbocycles. The molecule has 6 heteroatoms. The topological polar surface area (TPSA) is 49.8 Å². The molecule has 1 aromatic rings. The molecule has 132 valence electrons. The number of esters is 1. The Morgan fingerprint density at radius 1 is 1.46 bits per heavy atom. The number of ether oxygens (including phenoxy) is 1. The van der Waals surface area contributed by atoms with E-state index >= 15 is 0 Å². The predicted molar refractivity (Wildman–Crippen MR) is 97.8 cm³/mol. The molecule has 4 atom stereocenters. The molecule has 3 rings (SSSR count). The molecule has 2 aliphatic heterocycles. The second-order valence-electron chi connectivity index (χ2n) is 6.68. The van der Waals surface area contributed by atoms with E-state index in [-0.39, 0.29) is 36.3 Å². The fourth-order valence-electron chi connectivity index (χ4n) is 4.46. The number of aromatic hydroxyl groups is 1. The van der Waals surface area contributed by atoms with E-state index in [2.05, 4.69) is 27.5 Å². The zero-order valence-electron chi connectivity index (χ0n) is 13.8. The number of rotatable bonds is 5. The maximum Gasteiger partial charge on any atom is 0.310 e. The Balaban J connectivity index is 1.92. The van der Waals surface area contributed by atoms with Crippen molar-refractivity contribution in [2.45, 2.75) is 43.7 Å². The van der Waals surface area contributed by atoms with Gasteiger partial charge in [0.2, 0.25) is 0 Å². The van der Waals surface area contributed by atoms with Crippen LogP contribution >= 0.6 is 22.6 Å². The van der Waals surface area contributed by atoms with Crippen molar-refractivity contribution < 1.29 is 19.0 Å². The fourth-order valence-corrected chi connectivity index (χ4v) is 4.80. The third kappa shape index (κ3) is 3.27. The highest BCUT2D eigenvalue weighted by molar-refractivity contribution is 14.1. The van der Waals surface area contributed by atoms with Gasteiger partial charge in [0.1, 0.15) is 5.75 Å². The molecular formula is C18H23FINO3. The van der Waals surface area contributed by atoms with Crippen molar-refractivity contribution in [3.05, 3.63) is 27.3 Å². The number of fused-ring (bicyclic) bond motifs is 2. The van der Waals surface area contributed by atoms with Gasteiger partial charge in [-0.15, -0.1) is 0 Å². The molecule has 0 saturated carbocycles. The number of carbonyl (C=O) groups excluding carboxylic acids is 1. The number of hydrogen-bond acceptors (Lipinski definition) is 4. The normalized spacial score (nSPS) is 29.6. The molecule has 2 bridgehead atoms. The van der Waals surface area contributed by atoms with Crippen LogP contribution in [0.15, 0.2) is 18.2 Å². The molecule has 2 saturated heterocycles. The Labute approximate surface area is 155 Å². The van der Waals surface area contributed by atoms with E-state index in [1.807, 2.05) is 12.1 Å². The largest absolute Gasteiger partial charge is 0.507 e. The van der Waals surface area contributed by atoms with Crippen molar-refractivity contribution in [1.82, 2.24) is 4.90 Å². The minimum Gasteiger partial charge on any atom is -0.507 e. The predicted octanol–water partition coefficient (Wildman–Crippen LogP) is 3.47. The summed E-state index contributed by atoms with van der Waals surface area (Å²) in [5.74, 6) is -0.162. The molecule has 1 N–H and O–H groups in total. The summed E-state index contributed by atoms with van der Waals surface area (Å²) in [6.07, 6.45) is 3.35. The van der Waals surface area contributed by atoms with Crippen LogP contribution in [-0.4, -0.2) is 48.4 Å². The molecule has 2 heterocycles.